The lowest BCUT2D eigenvalue weighted by atomic mass is 9.87. The zero-order valence-electron chi connectivity index (χ0n) is 32.3. The number of aryl methyl sites for hydroxylation is 2. The molecule has 0 radical (unpaired) electrons. The lowest BCUT2D eigenvalue weighted by molar-refractivity contribution is 0.0377. The summed E-state index contributed by atoms with van der Waals surface area (Å²) < 4.78 is 17.4. The number of ether oxygens (including phenoxy) is 3. The van der Waals surface area contributed by atoms with Crippen LogP contribution in [0.5, 0.6) is 5.75 Å². The number of fused-ring (bicyclic) bond motifs is 1. The predicted octanol–water partition coefficient (Wildman–Crippen LogP) is 11.6. The van der Waals surface area contributed by atoms with Crippen LogP contribution in [0.15, 0.2) is 47.6 Å². The highest BCUT2D eigenvalue weighted by atomic mass is 32.2. The zero-order chi connectivity index (χ0) is 37.3. The number of H-pyrrole nitrogens is 1. The minimum Gasteiger partial charge on any atom is -0.496 e. The highest BCUT2D eigenvalue weighted by Crippen LogP contribution is 2.42. The zero-order valence-corrected chi connectivity index (χ0v) is 33.1. The average Bonchev–Trinajstić information content (AvgIpc) is 3.55. The summed E-state index contributed by atoms with van der Waals surface area (Å²) in [6.07, 6.45) is 17.0. The molecule has 0 amide bonds. The molecule has 4 aromatic rings. The Bertz CT molecular complexity index is 1700. The summed E-state index contributed by atoms with van der Waals surface area (Å²) in [6, 6.07) is 13.8. The van der Waals surface area contributed by atoms with Gasteiger partial charge in [0.15, 0.2) is 5.16 Å². The van der Waals surface area contributed by atoms with Crippen LogP contribution < -0.4 is 4.74 Å². The minimum atomic E-state index is -0.541. The number of pyridine rings is 1. The van der Waals surface area contributed by atoms with Crippen LogP contribution in [-0.2, 0) is 21.6 Å². The molecule has 0 saturated heterocycles. The van der Waals surface area contributed by atoms with Crippen molar-refractivity contribution in [3.63, 3.8) is 0 Å². The number of imidazole rings is 1. The van der Waals surface area contributed by atoms with E-state index in [0.717, 1.165) is 35.9 Å². The quantitative estimate of drug-likeness (QED) is 0.0457. The van der Waals surface area contributed by atoms with Gasteiger partial charge in [0.05, 0.1) is 53.4 Å². The maximum absolute atomic E-state index is 14.2. The van der Waals surface area contributed by atoms with Crippen molar-refractivity contribution in [3.8, 4) is 16.9 Å². The molecule has 52 heavy (non-hydrogen) atoms. The molecule has 0 atom stereocenters. The molecule has 0 aliphatic rings. The van der Waals surface area contributed by atoms with Gasteiger partial charge in [0.1, 0.15) is 5.75 Å². The van der Waals surface area contributed by atoms with E-state index in [0.29, 0.717) is 39.2 Å². The molecular weight excluding hydrogens is 671 g/mol. The highest BCUT2D eigenvalue weighted by Gasteiger charge is 2.32. The Morgan fingerprint density at radius 2 is 1.42 bits per heavy atom. The van der Waals surface area contributed by atoms with Gasteiger partial charge in [-0.25, -0.2) is 14.6 Å². The number of benzene rings is 2. The number of unbranched alkanes of at least 4 members (excludes halogenated alkanes) is 12. The number of hydrogen-bond donors (Lipinski definition) is 1. The summed E-state index contributed by atoms with van der Waals surface area (Å²) in [5.41, 5.74) is 5.46. The van der Waals surface area contributed by atoms with E-state index >= 15 is 0 Å². The summed E-state index contributed by atoms with van der Waals surface area (Å²) >= 11 is 1.45. The number of aromatic amines is 1. The molecule has 2 aromatic heterocycles. The first-order valence-corrected chi connectivity index (χ1v) is 20.4. The third-order valence-electron chi connectivity index (χ3n) is 9.32. The fourth-order valence-electron chi connectivity index (χ4n) is 6.77. The normalized spacial score (nSPS) is 11.4. The summed E-state index contributed by atoms with van der Waals surface area (Å²) in [5.74, 6) is -0.169. The standard InChI is InChI=1S/C43H59N3O5S/c1-7-9-10-11-12-13-14-15-16-17-18-19-20-24-32-25-23-28-36(49-6)38(32)40-37(41(47)50-8-2)31(5)44-35(39(40)42(48)51-30(3)4)29-52-43-45-33-26-21-22-27-34(33)46-43/h21-23,25-28,30H,7-20,24,29H2,1-6H3,(H,45,46). The van der Waals surface area contributed by atoms with Gasteiger partial charge in [0.25, 0.3) is 0 Å². The van der Waals surface area contributed by atoms with Crippen molar-refractivity contribution in [3.05, 3.63) is 70.5 Å². The Balaban J connectivity index is 1.63. The fraction of sp³-hybridized carbons (Fsp3) is 0.535. The Hall–Kier alpha value is -3.85. The van der Waals surface area contributed by atoms with E-state index in [4.69, 9.17) is 24.2 Å². The third kappa shape index (κ3) is 11.6. The fourth-order valence-corrected chi connectivity index (χ4v) is 7.60. The molecule has 0 spiro atoms. The van der Waals surface area contributed by atoms with Gasteiger partial charge in [-0.3, -0.25) is 4.98 Å². The Labute approximate surface area is 315 Å². The Morgan fingerprint density at radius 1 is 0.769 bits per heavy atom. The molecular formula is C43H59N3O5S. The van der Waals surface area contributed by atoms with Crippen molar-refractivity contribution >= 4 is 34.7 Å². The van der Waals surface area contributed by atoms with Crippen LogP contribution in [0.2, 0.25) is 0 Å². The van der Waals surface area contributed by atoms with E-state index in [1.54, 1.807) is 21.0 Å². The van der Waals surface area contributed by atoms with E-state index in [9.17, 15) is 9.59 Å². The molecule has 1 N–H and O–H groups in total. The van der Waals surface area contributed by atoms with Crippen LogP contribution in [-0.4, -0.2) is 46.7 Å². The van der Waals surface area contributed by atoms with E-state index in [1.807, 2.05) is 50.2 Å². The molecule has 4 rings (SSSR count). The van der Waals surface area contributed by atoms with Crippen molar-refractivity contribution in [1.29, 1.82) is 0 Å². The second-order valence-electron chi connectivity index (χ2n) is 13.8. The predicted molar refractivity (Wildman–Crippen MR) is 213 cm³/mol. The molecule has 0 saturated carbocycles. The van der Waals surface area contributed by atoms with E-state index in [2.05, 4.69) is 18.0 Å². The number of aromatic nitrogens is 3. The second-order valence-corrected chi connectivity index (χ2v) is 14.7. The first-order chi connectivity index (χ1) is 25.3. The topological polar surface area (TPSA) is 103 Å². The lowest BCUT2D eigenvalue weighted by Crippen LogP contribution is -2.21. The van der Waals surface area contributed by atoms with E-state index < -0.39 is 11.9 Å². The number of carbonyl (C=O) groups is 2. The molecule has 2 aromatic carbocycles. The number of hydrogen-bond acceptors (Lipinski definition) is 8. The number of para-hydroxylation sites is 2. The number of nitrogens with one attached hydrogen (secondary N) is 1. The van der Waals surface area contributed by atoms with Gasteiger partial charge in [-0.2, -0.15) is 0 Å². The molecule has 0 aliphatic carbocycles. The van der Waals surface area contributed by atoms with Crippen LogP contribution in [0.1, 0.15) is 149 Å². The molecule has 282 valence electrons. The van der Waals surface area contributed by atoms with Gasteiger partial charge in [0.2, 0.25) is 0 Å². The van der Waals surface area contributed by atoms with Gasteiger partial charge in [-0.15, -0.1) is 0 Å². The van der Waals surface area contributed by atoms with Crippen LogP contribution in [0.25, 0.3) is 22.2 Å². The number of esters is 2. The highest BCUT2D eigenvalue weighted by molar-refractivity contribution is 7.98. The first kappa shape index (κ1) is 40.9. The molecule has 2 heterocycles. The molecule has 0 unspecified atom stereocenters. The second kappa shape index (κ2) is 21.6. The van der Waals surface area contributed by atoms with E-state index in [1.165, 1.54) is 82.4 Å². The third-order valence-corrected chi connectivity index (χ3v) is 10.2. The summed E-state index contributed by atoms with van der Waals surface area (Å²) in [7, 11) is 1.62. The SMILES string of the molecule is CCCCCCCCCCCCCCCc1cccc(OC)c1-c1c(C(=O)OCC)c(C)nc(CSc2nc3ccccc3[nH]2)c1C(=O)OC(C)C. The van der Waals surface area contributed by atoms with Crippen molar-refractivity contribution in [1.82, 2.24) is 15.0 Å². The molecule has 0 bridgehead atoms. The van der Waals surface area contributed by atoms with Crippen LogP contribution in [0.4, 0.5) is 0 Å². The number of carbonyl (C=O) groups excluding carboxylic acids is 2. The first-order valence-electron chi connectivity index (χ1n) is 19.4. The maximum atomic E-state index is 14.2. The van der Waals surface area contributed by atoms with Crippen molar-refractivity contribution < 1.29 is 23.8 Å². The van der Waals surface area contributed by atoms with E-state index in [-0.39, 0.29) is 23.8 Å². The lowest BCUT2D eigenvalue weighted by Gasteiger charge is -2.23. The van der Waals surface area contributed by atoms with Gasteiger partial charge in [-0.1, -0.05) is 120 Å². The molecule has 8 nitrogen and oxygen atoms in total. The summed E-state index contributed by atoms with van der Waals surface area (Å²) in [6.45, 7) is 9.66. The molecule has 0 aliphatic heterocycles. The summed E-state index contributed by atoms with van der Waals surface area (Å²) in [4.78, 5) is 40.9. The van der Waals surface area contributed by atoms with Crippen molar-refractivity contribution in [2.24, 2.45) is 0 Å². The monoisotopic (exact) mass is 729 g/mol. The number of methoxy groups -OCH3 is 1. The van der Waals surface area contributed by atoms with Gasteiger partial charge < -0.3 is 19.2 Å². The maximum Gasteiger partial charge on any atom is 0.340 e. The number of thioether (sulfide) groups is 1. The molecule has 0 fully saturated rings. The smallest absolute Gasteiger partial charge is 0.340 e. The summed E-state index contributed by atoms with van der Waals surface area (Å²) in [5, 5.41) is 0.709. The Morgan fingerprint density at radius 3 is 2.04 bits per heavy atom. The van der Waals surface area contributed by atoms with Crippen molar-refractivity contribution in [2.45, 2.75) is 142 Å². The molecule has 9 heteroatoms. The van der Waals surface area contributed by atoms with Crippen molar-refractivity contribution in [2.75, 3.05) is 13.7 Å². The van der Waals surface area contributed by atoms with Gasteiger partial charge in [0, 0.05) is 16.9 Å². The van der Waals surface area contributed by atoms with Gasteiger partial charge >= 0.3 is 11.9 Å². The number of rotatable bonds is 23. The van der Waals surface area contributed by atoms with Crippen LogP contribution in [0.3, 0.4) is 0 Å². The number of nitrogens with zero attached hydrogens (tertiary/aromatic N) is 2. The van der Waals surface area contributed by atoms with Crippen LogP contribution >= 0.6 is 11.8 Å². The van der Waals surface area contributed by atoms with Gasteiger partial charge in [-0.05, 0) is 64.3 Å². The largest absolute Gasteiger partial charge is 0.496 e. The van der Waals surface area contributed by atoms with Crippen LogP contribution in [0, 0.1) is 6.92 Å². The average molecular weight is 730 g/mol. The Kier molecular flexibility index (Phi) is 17.0. The minimum absolute atomic E-state index is 0.185.